The van der Waals surface area contributed by atoms with Crippen LogP contribution in [0.25, 0.3) is 0 Å². The highest BCUT2D eigenvalue weighted by molar-refractivity contribution is 6.01. The highest BCUT2D eigenvalue weighted by Gasteiger charge is 2.51. The van der Waals surface area contributed by atoms with Crippen LogP contribution in [0.4, 0.5) is 5.69 Å². The summed E-state index contributed by atoms with van der Waals surface area (Å²) in [5.41, 5.74) is 2.31. The Morgan fingerprint density at radius 1 is 1.00 bits per heavy atom. The number of benzene rings is 1. The van der Waals surface area contributed by atoms with Gasteiger partial charge in [0.25, 0.3) is 0 Å². The molecule has 4 rings (SSSR count). The molecular formula is C20H26N2O2. The molecule has 24 heavy (non-hydrogen) atoms. The molecule has 4 nitrogen and oxygen atoms in total. The Hall–Kier alpha value is -1.84. The van der Waals surface area contributed by atoms with Crippen molar-refractivity contribution in [3.05, 3.63) is 29.8 Å². The molecule has 1 aromatic rings. The van der Waals surface area contributed by atoms with E-state index < -0.39 is 0 Å². The van der Waals surface area contributed by atoms with Gasteiger partial charge in [-0.05, 0) is 49.7 Å². The largest absolute Gasteiger partial charge is 0.342 e. The quantitative estimate of drug-likeness (QED) is 0.838. The molecule has 1 saturated heterocycles. The average Bonchev–Trinajstić information content (AvgIpc) is 3.41. The number of para-hydroxylation sites is 1. The van der Waals surface area contributed by atoms with Crippen LogP contribution >= 0.6 is 0 Å². The van der Waals surface area contributed by atoms with Gasteiger partial charge in [-0.2, -0.15) is 0 Å². The van der Waals surface area contributed by atoms with E-state index >= 15 is 0 Å². The van der Waals surface area contributed by atoms with Gasteiger partial charge in [0.1, 0.15) is 0 Å². The number of carbonyl (C=O) groups excluding carboxylic acids is 2. The van der Waals surface area contributed by atoms with E-state index in [0.29, 0.717) is 0 Å². The molecule has 128 valence electrons. The molecule has 0 aromatic heterocycles. The summed E-state index contributed by atoms with van der Waals surface area (Å²) in [7, 11) is 0. The predicted molar refractivity (Wildman–Crippen MR) is 93.7 cm³/mol. The molecule has 2 atom stereocenters. The number of hydrogen-bond acceptors (Lipinski definition) is 2. The van der Waals surface area contributed by atoms with Crippen LogP contribution in [0.2, 0.25) is 0 Å². The topological polar surface area (TPSA) is 40.6 Å². The number of hydrogen-bond donors (Lipinski definition) is 0. The summed E-state index contributed by atoms with van der Waals surface area (Å²) in [6.45, 7) is 4.77. The number of amides is 2. The second-order valence-electron chi connectivity index (χ2n) is 7.68. The minimum atomic E-state index is -0.0944. The predicted octanol–water partition coefficient (Wildman–Crippen LogP) is 2.86. The fourth-order valence-corrected chi connectivity index (χ4v) is 4.17. The van der Waals surface area contributed by atoms with Crippen molar-refractivity contribution < 1.29 is 9.59 Å². The van der Waals surface area contributed by atoms with E-state index in [1.54, 1.807) is 0 Å². The summed E-state index contributed by atoms with van der Waals surface area (Å²) in [6, 6.07) is 8.18. The molecular weight excluding hydrogens is 300 g/mol. The fourth-order valence-electron chi connectivity index (χ4n) is 4.17. The van der Waals surface area contributed by atoms with Crippen molar-refractivity contribution in [2.24, 2.45) is 17.8 Å². The minimum Gasteiger partial charge on any atom is -0.342 e. The van der Waals surface area contributed by atoms with Crippen LogP contribution in [0.3, 0.4) is 0 Å². The van der Waals surface area contributed by atoms with Gasteiger partial charge in [-0.15, -0.1) is 0 Å². The maximum atomic E-state index is 12.9. The number of piperidine rings is 1. The monoisotopic (exact) mass is 326 g/mol. The van der Waals surface area contributed by atoms with Crippen molar-refractivity contribution in [2.75, 3.05) is 24.5 Å². The van der Waals surface area contributed by atoms with Crippen LogP contribution in [0.1, 0.15) is 38.2 Å². The Morgan fingerprint density at radius 2 is 1.71 bits per heavy atom. The third kappa shape index (κ3) is 2.83. The SMILES string of the molecule is CC1CCN(C(=O)C2CC2C(=O)N2CCCc3ccccc32)CC1. The van der Waals surface area contributed by atoms with Gasteiger partial charge in [0.15, 0.2) is 0 Å². The van der Waals surface area contributed by atoms with E-state index in [1.165, 1.54) is 5.56 Å². The summed E-state index contributed by atoms with van der Waals surface area (Å²) in [4.78, 5) is 29.5. The Labute approximate surface area is 143 Å². The van der Waals surface area contributed by atoms with E-state index in [1.807, 2.05) is 28.0 Å². The maximum Gasteiger partial charge on any atom is 0.230 e. The maximum absolute atomic E-state index is 12.9. The summed E-state index contributed by atoms with van der Waals surface area (Å²) < 4.78 is 0. The normalized spacial score (nSPS) is 26.9. The van der Waals surface area contributed by atoms with Crippen LogP contribution < -0.4 is 4.90 Å². The molecule has 2 aliphatic heterocycles. The first-order valence-electron chi connectivity index (χ1n) is 9.33. The van der Waals surface area contributed by atoms with Gasteiger partial charge >= 0.3 is 0 Å². The molecule has 4 heteroatoms. The molecule has 1 aromatic carbocycles. The molecule has 0 N–H and O–H groups in total. The number of anilines is 1. The number of carbonyl (C=O) groups is 2. The number of nitrogens with zero attached hydrogens (tertiary/aromatic N) is 2. The Kier molecular flexibility index (Phi) is 4.07. The zero-order valence-electron chi connectivity index (χ0n) is 14.4. The first-order chi connectivity index (χ1) is 11.6. The first kappa shape index (κ1) is 15.7. The van der Waals surface area contributed by atoms with Crippen LogP contribution in [-0.4, -0.2) is 36.3 Å². The van der Waals surface area contributed by atoms with Gasteiger partial charge in [0, 0.05) is 25.3 Å². The van der Waals surface area contributed by atoms with Gasteiger partial charge in [0.05, 0.1) is 11.8 Å². The van der Waals surface area contributed by atoms with Gasteiger partial charge in [-0.1, -0.05) is 25.1 Å². The van der Waals surface area contributed by atoms with Crippen molar-refractivity contribution in [2.45, 2.75) is 39.0 Å². The van der Waals surface area contributed by atoms with Crippen molar-refractivity contribution >= 4 is 17.5 Å². The third-order valence-corrected chi connectivity index (χ3v) is 5.90. The lowest BCUT2D eigenvalue weighted by atomic mass is 9.98. The average molecular weight is 326 g/mol. The highest BCUT2D eigenvalue weighted by Crippen LogP contribution is 2.43. The van der Waals surface area contributed by atoms with Gasteiger partial charge in [-0.3, -0.25) is 9.59 Å². The second kappa shape index (κ2) is 6.23. The molecule has 2 fully saturated rings. The zero-order valence-corrected chi connectivity index (χ0v) is 14.4. The van der Waals surface area contributed by atoms with E-state index in [2.05, 4.69) is 13.0 Å². The number of rotatable bonds is 2. The Morgan fingerprint density at radius 3 is 2.50 bits per heavy atom. The van der Waals surface area contributed by atoms with Crippen LogP contribution in [0, 0.1) is 17.8 Å². The summed E-state index contributed by atoms with van der Waals surface area (Å²) in [6.07, 6.45) is 4.98. The smallest absolute Gasteiger partial charge is 0.230 e. The van der Waals surface area contributed by atoms with Gasteiger partial charge < -0.3 is 9.80 Å². The van der Waals surface area contributed by atoms with Crippen molar-refractivity contribution in [1.29, 1.82) is 0 Å². The fraction of sp³-hybridized carbons (Fsp3) is 0.600. The van der Waals surface area contributed by atoms with Gasteiger partial charge in [0.2, 0.25) is 11.8 Å². The number of aryl methyl sites for hydroxylation is 1. The van der Waals surface area contributed by atoms with Crippen LogP contribution in [0.15, 0.2) is 24.3 Å². The molecule has 2 unspecified atom stereocenters. The standard InChI is InChI=1S/C20H26N2O2/c1-14-8-11-21(12-9-14)19(23)16-13-17(16)20(24)22-10-4-6-15-5-2-3-7-18(15)22/h2-3,5,7,14,16-17H,4,6,8-13H2,1H3. The third-order valence-electron chi connectivity index (χ3n) is 5.90. The molecule has 2 heterocycles. The highest BCUT2D eigenvalue weighted by atomic mass is 16.2. The summed E-state index contributed by atoms with van der Waals surface area (Å²) in [5, 5.41) is 0. The first-order valence-corrected chi connectivity index (χ1v) is 9.33. The van der Waals surface area contributed by atoms with Crippen LogP contribution in [-0.2, 0) is 16.0 Å². The molecule has 1 saturated carbocycles. The molecule has 1 aliphatic carbocycles. The molecule has 0 radical (unpaired) electrons. The number of fused-ring (bicyclic) bond motifs is 1. The molecule has 0 spiro atoms. The van der Waals surface area contributed by atoms with E-state index in [-0.39, 0.29) is 23.7 Å². The summed E-state index contributed by atoms with van der Waals surface area (Å²) in [5.74, 6) is 0.926. The molecule has 3 aliphatic rings. The van der Waals surface area contributed by atoms with Crippen molar-refractivity contribution in [1.82, 2.24) is 4.90 Å². The van der Waals surface area contributed by atoms with Crippen molar-refractivity contribution in [3.8, 4) is 0 Å². The van der Waals surface area contributed by atoms with E-state index in [0.717, 1.165) is 63.3 Å². The lowest BCUT2D eigenvalue weighted by molar-refractivity contribution is -0.135. The zero-order chi connectivity index (χ0) is 16.7. The summed E-state index contributed by atoms with van der Waals surface area (Å²) >= 11 is 0. The second-order valence-corrected chi connectivity index (χ2v) is 7.68. The number of likely N-dealkylation sites (tertiary alicyclic amines) is 1. The van der Waals surface area contributed by atoms with E-state index in [4.69, 9.17) is 0 Å². The molecule has 2 amide bonds. The van der Waals surface area contributed by atoms with E-state index in [9.17, 15) is 9.59 Å². The van der Waals surface area contributed by atoms with Crippen LogP contribution in [0.5, 0.6) is 0 Å². The minimum absolute atomic E-state index is 0.0694. The Bertz CT molecular complexity index is 649. The lowest BCUT2D eigenvalue weighted by Gasteiger charge is -2.31. The van der Waals surface area contributed by atoms with Crippen molar-refractivity contribution in [3.63, 3.8) is 0 Å². The molecule has 0 bridgehead atoms. The van der Waals surface area contributed by atoms with Gasteiger partial charge in [-0.25, -0.2) is 0 Å². The lowest BCUT2D eigenvalue weighted by Crippen LogP contribution is -2.41. The Balaban J connectivity index is 1.42.